The number of halogens is 1. The van der Waals surface area contributed by atoms with Crippen LogP contribution in [-0.2, 0) is 9.47 Å². The van der Waals surface area contributed by atoms with Crippen molar-refractivity contribution in [3.8, 4) is 5.75 Å². The molecule has 0 fully saturated rings. The summed E-state index contributed by atoms with van der Waals surface area (Å²) in [5.41, 5.74) is 2.95. The molecule has 0 saturated heterocycles. The van der Waals surface area contributed by atoms with Gasteiger partial charge < -0.3 is 23.9 Å². The largest absolute Gasteiger partial charge is 0.491 e. The Bertz CT molecular complexity index is 905. The number of rotatable bonds is 12. The third kappa shape index (κ3) is 6.62. The Morgan fingerprint density at radius 2 is 1.66 bits per heavy atom. The maximum absolute atomic E-state index is 11.9. The molecular weight excluding hydrogens is 373 g/mol. The number of fused-ring (bicyclic) bond motifs is 1. The second-order valence-electron chi connectivity index (χ2n) is 6.32. The molecule has 0 aliphatic rings. The first-order valence-electron chi connectivity index (χ1n) is 9.62. The maximum Gasteiger partial charge on any atom is 0.138 e. The number of benzene rings is 2. The van der Waals surface area contributed by atoms with Crippen molar-refractivity contribution in [2.75, 3.05) is 52.1 Å². The van der Waals surface area contributed by atoms with Gasteiger partial charge >= 0.3 is 0 Å². The monoisotopic (exact) mass is 399 g/mol. The van der Waals surface area contributed by atoms with Gasteiger partial charge in [0, 0.05) is 24.2 Å². The molecule has 3 aromatic rings. The molecule has 29 heavy (non-hydrogen) atoms. The summed E-state index contributed by atoms with van der Waals surface area (Å²) >= 11 is 0. The third-order valence-electron chi connectivity index (χ3n) is 4.24. The fraction of sp³-hybridized carbons (Fsp3) is 0.304. The van der Waals surface area contributed by atoms with Crippen LogP contribution in [0.3, 0.4) is 0 Å². The van der Waals surface area contributed by atoms with Gasteiger partial charge in [-0.2, -0.15) is 0 Å². The number of hydrogen-bond donors (Lipinski definition) is 1. The SMILES string of the molecule is CNc1ccc(/C=C/c2cc3ccc(OCCOCCOCCF)cc3o2)cc1. The summed E-state index contributed by atoms with van der Waals surface area (Å²) in [7, 11) is 1.90. The number of anilines is 1. The lowest BCUT2D eigenvalue weighted by molar-refractivity contribution is 0.0325. The van der Waals surface area contributed by atoms with E-state index < -0.39 is 6.67 Å². The average molecular weight is 399 g/mol. The lowest BCUT2D eigenvalue weighted by Gasteiger charge is -2.07. The zero-order chi connectivity index (χ0) is 20.3. The van der Waals surface area contributed by atoms with Crippen LogP contribution >= 0.6 is 0 Å². The van der Waals surface area contributed by atoms with Crippen molar-refractivity contribution in [1.29, 1.82) is 0 Å². The van der Waals surface area contributed by atoms with Gasteiger partial charge in [-0.15, -0.1) is 0 Å². The average Bonchev–Trinajstić information content (AvgIpc) is 3.17. The molecule has 0 saturated carbocycles. The summed E-state index contributed by atoms with van der Waals surface area (Å²) < 4.78 is 33.8. The summed E-state index contributed by atoms with van der Waals surface area (Å²) in [5, 5.41) is 4.12. The zero-order valence-electron chi connectivity index (χ0n) is 16.5. The number of alkyl halides is 1. The van der Waals surface area contributed by atoms with Gasteiger partial charge in [0.2, 0.25) is 0 Å². The summed E-state index contributed by atoms with van der Waals surface area (Å²) in [6, 6.07) is 15.9. The van der Waals surface area contributed by atoms with Crippen molar-refractivity contribution in [3.05, 3.63) is 59.9 Å². The van der Waals surface area contributed by atoms with Gasteiger partial charge in [-0.05, 0) is 42.0 Å². The van der Waals surface area contributed by atoms with Crippen LogP contribution in [-0.4, -0.2) is 46.8 Å². The quantitative estimate of drug-likeness (QED) is 0.433. The maximum atomic E-state index is 11.9. The van der Waals surface area contributed by atoms with E-state index in [2.05, 4.69) is 5.32 Å². The van der Waals surface area contributed by atoms with E-state index in [1.807, 2.05) is 67.7 Å². The van der Waals surface area contributed by atoms with Gasteiger partial charge in [0.25, 0.3) is 0 Å². The number of nitrogens with one attached hydrogen (secondary N) is 1. The highest BCUT2D eigenvalue weighted by Gasteiger charge is 2.04. The first kappa shape index (κ1) is 20.9. The van der Waals surface area contributed by atoms with Crippen molar-refractivity contribution in [2.45, 2.75) is 0 Å². The zero-order valence-corrected chi connectivity index (χ0v) is 16.5. The van der Waals surface area contributed by atoms with E-state index in [4.69, 9.17) is 18.6 Å². The molecule has 0 aliphatic heterocycles. The minimum absolute atomic E-state index is 0.114. The molecular formula is C23H26FNO4. The normalized spacial score (nSPS) is 11.4. The van der Waals surface area contributed by atoms with Gasteiger partial charge in [0.05, 0.1) is 26.4 Å². The molecule has 0 bridgehead atoms. The van der Waals surface area contributed by atoms with E-state index in [-0.39, 0.29) is 6.61 Å². The van der Waals surface area contributed by atoms with Gasteiger partial charge in [-0.25, -0.2) is 4.39 Å². The molecule has 2 aromatic carbocycles. The number of hydrogen-bond acceptors (Lipinski definition) is 5. The molecule has 0 amide bonds. The van der Waals surface area contributed by atoms with E-state index in [1.54, 1.807) is 0 Å². The minimum Gasteiger partial charge on any atom is -0.491 e. The lowest BCUT2D eigenvalue weighted by atomic mass is 10.2. The van der Waals surface area contributed by atoms with Crippen molar-refractivity contribution < 1.29 is 23.0 Å². The van der Waals surface area contributed by atoms with Crippen molar-refractivity contribution in [1.82, 2.24) is 0 Å². The first-order chi connectivity index (χ1) is 14.3. The third-order valence-corrected chi connectivity index (χ3v) is 4.24. The highest BCUT2D eigenvalue weighted by Crippen LogP contribution is 2.25. The molecule has 0 unspecified atom stereocenters. The van der Waals surface area contributed by atoms with Crippen LogP contribution in [0.5, 0.6) is 5.75 Å². The second-order valence-corrected chi connectivity index (χ2v) is 6.32. The molecule has 154 valence electrons. The summed E-state index contributed by atoms with van der Waals surface area (Å²) in [6.07, 6.45) is 3.97. The summed E-state index contributed by atoms with van der Waals surface area (Å²) in [4.78, 5) is 0. The Morgan fingerprint density at radius 3 is 2.41 bits per heavy atom. The van der Waals surface area contributed by atoms with E-state index in [9.17, 15) is 4.39 Å². The lowest BCUT2D eigenvalue weighted by Crippen LogP contribution is -2.11. The Labute approximate surface area is 170 Å². The Hall–Kier alpha value is -2.83. The fourth-order valence-corrected chi connectivity index (χ4v) is 2.74. The van der Waals surface area contributed by atoms with E-state index in [0.717, 1.165) is 33.7 Å². The van der Waals surface area contributed by atoms with Crippen LogP contribution in [0.25, 0.3) is 23.1 Å². The minimum atomic E-state index is -0.473. The van der Waals surface area contributed by atoms with Crippen molar-refractivity contribution in [2.24, 2.45) is 0 Å². The van der Waals surface area contributed by atoms with Gasteiger partial charge in [-0.1, -0.05) is 18.2 Å². The molecule has 6 heteroatoms. The second kappa shape index (κ2) is 11.2. The van der Waals surface area contributed by atoms with Crippen LogP contribution in [0.4, 0.5) is 10.1 Å². The number of furan rings is 1. The predicted molar refractivity (Wildman–Crippen MR) is 114 cm³/mol. The van der Waals surface area contributed by atoms with E-state index in [1.165, 1.54) is 0 Å². The Kier molecular flexibility index (Phi) is 8.10. The summed E-state index contributed by atoms with van der Waals surface area (Å²) in [6.45, 7) is 1.31. The molecule has 0 spiro atoms. The fourth-order valence-electron chi connectivity index (χ4n) is 2.74. The molecule has 1 N–H and O–H groups in total. The highest BCUT2D eigenvalue weighted by atomic mass is 19.1. The van der Waals surface area contributed by atoms with Gasteiger partial charge in [0.15, 0.2) is 0 Å². The predicted octanol–water partition coefficient (Wildman–Crippen LogP) is 5.03. The Balaban J connectivity index is 1.49. The van der Waals surface area contributed by atoms with E-state index >= 15 is 0 Å². The number of ether oxygens (including phenoxy) is 3. The molecule has 0 atom stereocenters. The summed E-state index contributed by atoms with van der Waals surface area (Å²) in [5.74, 6) is 1.51. The standard InChI is InChI=1S/C23H26FNO4/c1-25-20-6-2-18(3-7-20)4-8-22-16-19-5-9-21(17-23(19)29-22)28-15-14-27-13-12-26-11-10-24/h2-9,16-17,25H,10-15H2,1H3/b8-4+. The first-order valence-corrected chi connectivity index (χ1v) is 9.62. The molecule has 3 rings (SSSR count). The van der Waals surface area contributed by atoms with Crippen LogP contribution in [0.1, 0.15) is 11.3 Å². The van der Waals surface area contributed by atoms with Crippen molar-refractivity contribution in [3.63, 3.8) is 0 Å². The topological polar surface area (TPSA) is 52.9 Å². The van der Waals surface area contributed by atoms with Crippen LogP contribution < -0.4 is 10.1 Å². The molecule has 5 nitrogen and oxygen atoms in total. The molecule has 0 radical (unpaired) electrons. The smallest absolute Gasteiger partial charge is 0.138 e. The van der Waals surface area contributed by atoms with Crippen LogP contribution in [0, 0.1) is 0 Å². The highest BCUT2D eigenvalue weighted by molar-refractivity contribution is 5.83. The van der Waals surface area contributed by atoms with Crippen LogP contribution in [0.2, 0.25) is 0 Å². The molecule has 1 heterocycles. The van der Waals surface area contributed by atoms with Crippen molar-refractivity contribution >= 4 is 28.8 Å². The van der Waals surface area contributed by atoms with Crippen LogP contribution in [0.15, 0.2) is 52.9 Å². The molecule has 1 aromatic heterocycles. The van der Waals surface area contributed by atoms with E-state index in [0.29, 0.717) is 26.4 Å². The Morgan fingerprint density at radius 1 is 0.897 bits per heavy atom. The molecule has 0 aliphatic carbocycles. The van der Waals surface area contributed by atoms with Gasteiger partial charge in [0.1, 0.15) is 30.4 Å². The van der Waals surface area contributed by atoms with Gasteiger partial charge in [-0.3, -0.25) is 0 Å².